The van der Waals surface area contributed by atoms with Gasteiger partial charge in [-0.3, -0.25) is 4.79 Å². The maximum Gasteiger partial charge on any atom is 0.353 e. The summed E-state index contributed by atoms with van der Waals surface area (Å²) in [6, 6.07) is -0.0485. The molecule has 0 saturated carbocycles. The van der Waals surface area contributed by atoms with Crippen LogP contribution < -0.4 is 10.00 Å². The topological polar surface area (TPSA) is 119 Å². The fourth-order valence-electron chi connectivity index (χ4n) is 5.30. The van der Waals surface area contributed by atoms with Crippen LogP contribution in [0.1, 0.15) is 31.5 Å². The number of aromatic nitrogens is 2. The van der Waals surface area contributed by atoms with Crippen molar-refractivity contribution in [2.75, 3.05) is 6.54 Å². The molecule has 2 saturated heterocycles. The monoisotopic (exact) mass is 451 g/mol. The van der Waals surface area contributed by atoms with Gasteiger partial charge in [-0.15, -0.1) is 16.4 Å². The molecule has 4 heterocycles. The molecule has 9 nitrogen and oxygen atoms in total. The van der Waals surface area contributed by atoms with Crippen molar-refractivity contribution >= 4 is 23.6 Å². The minimum absolute atomic E-state index is 0.00299. The predicted molar refractivity (Wildman–Crippen MR) is 114 cm³/mol. The summed E-state index contributed by atoms with van der Waals surface area (Å²) < 4.78 is 3.98. The molecule has 31 heavy (non-hydrogen) atoms. The van der Waals surface area contributed by atoms with E-state index in [0.717, 1.165) is 35.5 Å². The summed E-state index contributed by atoms with van der Waals surface area (Å²) >= 11 is 1.56. The second kappa shape index (κ2) is 8.23. The molecular formula is C21H31N4O5S+. The van der Waals surface area contributed by atoms with Crippen molar-refractivity contribution in [2.45, 2.75) is 56.7 Å². The molecule has 0 bridgehead atoms. The maximum atomic E-state index is 12.5. The van der Waals surface area contributed by atoms with Crippen molar-refractivity contribution < 1.29 is 29.6 Å². The van der Waals surface area contributed by atoms with E-state index in [1.54, 1.807) is 18.7 Å². The molecule has 3 aliphatic rings. The number of carboxylic acid groups (broad SMARTS) is 1. The SMILES string of the molecule is C[C@@H](O)[C@H]1C(=O)N2C(C(=O)O)=C(S[C@@H]3CN[C@H](Cc4c(CO)c[n+](C)n4C)C3)[C@H](C)[C@H]12. The number of carboxylic acids is 1. The molecule has 4 N–H and O–H groups in total. The van der Waals surface area contributed by atoms with Crippen LogP contribution in [0.3, 0.4) is 0 Å². The number of aliphatic hydroxyl groups excluding tert-OH is 2. The molecule has 3 aliphatic heterocycles. The molecule has 0 spiro atoms. The molecule has 1 aromatic heterocycles. The Morgan fingerprint density at radius 2 is 2.16 bits per heavy atom. The van der Waals surface area contributed by atoms with E-state index in [-0.39, 0.29) is 41.5 Å². The van der Waals surface area contributed by atoms with Gasteiger partial charge in [-0.1, -0.05) is 6.92 Å². The minimum atomic E-state index is -1.08. The summed E-state index contributed by atoms with van der Waals surface area (Å²) in [4.78, 5) is 26.6. The van der Waals surface area contributed by atoms with Crippen LogP contribution in [0.5, 0.6) is 0 Å². The van der Waals surface area contributed by atoms with Gasteiger partial charge >= 0.3 is 5.97 Å². The Hall–Kier alpha value is -1.88. The van der Waals surface area contributed by atoms with Crippen molar-refractivity contribution in [1.82, 2.24) is 14.9 Å². The van der Waals surface area contributed by atoms with Crippen LogP contribution >= 0.6 is 11.8 Å². The van der Waals surface area contributed by atoms with Crippen molar-refractivity contribution in [3.63, 3.8) is 0 Å². The molecule has 1 aromatic rings. The van der Waals surface area contributed by atoms with Gasteiger partial charge in [0.1, 0.15) is 5.70 Å². The van der Waals surface area contributed by atoms with Crippen molar-refractivity contribution in [3.8, 4) is 0 Å². The van der Waals surface area contributed by atoms with E-state index in [0.29, 0.717) is 0 Å². The highest BCUT2D eigenvalue weighted by Crippen LogP contribution is 2.51. The van der Waals surface area contributed by atoms with Gasteiger partial charge in [0.25, 0.3) is 0 Å². The minimum Gasteiger partial charge on any atom is -0.477 e. The number of carbonyl (C=O) groups excluding carboxylic acids is 1. The molecule has 0 aliphatic carbocycles. The highest BCUT2D eigenvalue weighted by atomic mass is 32.2. The number of thioether (sulfide) groups is 1. The van der Waals surface area contributed by atoms with Crippen LogP contribution in [0.4, 0.5) is 0 Å². The van der Waals surface area contributed by atoms with E-state index >= 15 is 0 Å². The third-order valence-electron chi connectivity index (χ3n) is 6.97. The number of fused-ring (bicyclic) bond motifs is 1. The summed E-state index contributed by atoms with van der Waals surface area (Å²) in [6.07, 6.45) is 2.79. The van der Waals surface area contributed by atoms with Gasteiger partial charge < -0.3 is 25.5 Å². The van der Waals surface area contributed by atoms with Gasteiger partial charge in [0.05, 0.1) is 43.0 Å². The smallest absolute Gasteiger partial charge is 0.353 e. The van der Waals surface area contributed by atoms with Crippen LogP contribution in [0.15, 0.2) is 16.8 Å². The van der Waals surface area contributed by atoms with Crippen LogP contribution in [-0.2, 0) is 36.7 Å². The Morgan fingerprint density at radius 3 is 2.77 bits per heavy atom. The third-order valence-corrected chi connectivity index (χ3v) is 8.49. The number of nitrogens with one attached hydrogen (secondary N) is 1. The van der Waals surface area contributed by atoms with Gasteiger partial charge in [0.15, 0.2) is 7.05 Å². The molecule has 0 radical (unpaired) electrons. The summed E-state index contributed by atoms with van der Waals surface area (Å²) in [6.45, 7) is 4.29. The summed E-state index contributed by atoms with van der Waals surface area (Å²) in [5, 5.41) is 33.2. The standard InChI is InChI=1S/C21H30N4O5S/c1-10-17-16(11(2)27)20(28)25(17)18(21(29)30)19(10)31-14-5-13(22-7-14)6-15-12(9-26)8-23(3)24(15)4/h8,10-11,13-14,16-17,22,26-27H,5-7,9H2,1-4H3/p+1/t10-,11-,13+,14+,16-,17-/m1/s1. The van der Waals surface area contributed by atoms with E-state index in [9.17, 15) is 24.9 Å². The number of hydrogen-bond acceptors (Lipinski definition) is 6. The second-order valence-electron chi connectivity index (χ2n) is 8.91. The first-order chi connectivity index (χ1) is 14.6. The molecule has 10 heteroatoms. The van der Waals surface area contributed by atoms with Crippen LogP contribution in [0.2, 0.25) is 0 Å². The number of amides is 1. The maximum absolute atomic E-state index is 12.5. The molecule has 4 rings (SSSR count). The lowest BCUT2D eigenvalue weighted by atomic mass is 9.79. The second-order valence-corrected chi connectivity index (χ2v) is 10.3. The zero-order valence-corrected chi connectivity index (χ0v) is 19.1. The number of carbonyl (C=O) groups is 2. The Morgan fingerprint density at radius 1 is 1.45 bits per heavy atom. The van der Waals surface area contributed by atoms with Crippen molar-refractivity contribution in [3.05, 3.63) is 28.1 Å². The van der Waals surface area contributed by atoms with E-state index < -0.39 is 18.0 Å². The van der Waals surface area contributed by atoms with Crippen LogP contribution in [0.25, 0.3) is 0 Å². The van der Waals surface area contributed by atoms with E-state index in [1.165, 1.54) is 4.90 Å². The van der Waals surface area contributed by atoms with Gasteiger partial charge in [0, 0.05) is 35.1 Å². The van der Waals surface area contributed by atoms with E-state index in [4.69, 9.17) is 0 Å². The highest BCUT2D eigenvalue weighted by Gasteiger charge is 2.60. The molecule has 2 fully saturated rings. The summed E-state index contributed by atoms with van der Waals surface area (Å²) in [5.41, 5.74) is 2.09. The molecule has 170 valence electrons. The first-order valence-electron chi connectivity index (χ1n) is 10.7. The lowest BCUT2D eigenvalue weighted by Crippen LogP contribution is -2.63. The van der Waals surface area contributed by atoms with Crippen LogP contribution in [0, 0.1) is 11.8 Å². The lowest BCUT2D eigenvalue weighted by Gasteiger charge is -2.46. The van der Waals surface area contributed by atoms with Gasteiger partial charge in [-0.25, -0.2) is 4.79 Å². The number of rotatable bonds is 7. The molecule has 6 atom stereocenters. The first kappa shape index (κ1) is 22.3. The molecular weight excluding hydrogens is 420 g/mol. The average Bonchev–Trinajstić information content (AvgIpc) is 3.33. The molecule has 0 aromatic carbocycles. The highest BCUT2D eigenvalue weighted by molar-refractivity contribution is 8.03. The average molecular weight is 452 g/mol. The van der Waals surface area contributed by atoms with E-state index in [1.807, 2.05) is 36.6 Å². The zero-order valence-electron chi connectivity index (χ0n) is 18.3. The molecule has 1 amide bonds. The quantitative estimate of drug-likeness (QED) is 0.326. The molecule has 0 unspecified atom stereocenters. The zero-order chi connectivity index (χ0) is 22.6. The number of nitrogens with zero attached hydrogens (tertiary/aromatic N) is 3. The Balaban J connectivity index is 1.48. The number of aryl methyl sites for hydroxylation is 1. The first-order valence-corrected chi connectivity index (χ1v) is 11.6. The number of hydrogen-bond donors (Lipinski definition) is 4. The van der Waals surface area contributed by atoms with Crippen molar-refractivity contribution in [2.24, 2.45) is 25.9 Å². The fraction of sp³-hybridized carbons (Fsp3) is 0.667. The van der Waals surface area contributed by atoms with Crippen molar-refractivity contribution in [1.29, 1.82) is 0 Å². The Kier molecular flexibility index (Phi) is 5.93. The fourth-order valence-corrected chi connectivity index (χ4v) is 6.82. The van der Waals surface area contributed by atoms with Gasteiger partial charge in [-0.05, 0) is 13.3 Å². The Labute approximate surface area is 185 Å². The van der Waals surface area contributed by atoms with Gasteiger partial charge in [0.2, 0.25) is 12.1 Å². The number of β-lactam (4-membered cyclic amide) rings is 1. The number of aliphatic carboxylic acids is 1. The summed E-state index contributed by atoms with van der Waals surface area (Å²) in [7, 11) is 3.91. The van der Waals surface area contributed by atoms with E-state index in [2.05, 4.69) is 5.32 Å². The summed E-state index contributed by atoms with van der Waals surface area (Å²) in [5.74, 6) is -2.02. The predicted octanol–water partition coefficient (Wildman–Crippen LogP) is -0.498. The lowest BCUT2D eigenvalue weighted by molar-refractivity contribution is -0.751. The normalized spacial score (nSPS) is 31.2. The Bertz CT molecular complexity index is 942. The van der Waals surface area contributed by atoms with Gasteiger partial charge in [-0.2, -0.15) is 4.68 Å². The van der Waals surface area contributed by atoms with Crippen LogP contribution in [-0.4, -0.2) is 66.8 Å². The largest absolute Gasteiger partial charge is 0.477 e. The third kappa shape index (κ3) is 3.59. The number of aliphatic hydroxyl groups is 2.